The maximum absolute atomic E-state index is 12.8. The first-order valence-corrected chi connectivity index (χ1v) is 6.99. The number of amides is 1. The molecule has 1 saturated heterocycles. The van der Waals surface area contributed by atoms with E-state index in [0.717, 1.165) is 25.8 Å². The fourth-order valence-electron chi connectivity index (χ4n) is 2.97. The van der Waals surface area contributed by atoms with Crippen LogP contribution in [0.3, 0.4) is 0 Å². The fourth-order valence-corrected chi connectivity index (χ4v) is 2.97. The van der Waals surface area contributed by atoms with Crippen LogP contribution in [0.15, 0.2) is 24.3 Å². The SMILES string of the molecule is O=C1CCC(NC2CC(c3ccc(F)cc3)C2)CN1. The number of rotatable bonds is 3. The van der Waals surface area contributed by atoms with Crippen LogP contribution in [0.4, 0.5) is 4.39 Å². The average molecular weight is 262 g/mol. The molecule has 0 aromatic heterocycles. The molecule has 0 bridgehead atoms. The molecule has 2 N–H and O–H groups in total. The van der Waals surface area contributed by atoms with Crippen molar-refractivity contribution in [3.05, 3.63) is 35.6 Å². The topological polar surface area (TPSA) is 41.1 Å². The highest BCUT2D eigenvalue weighted by molar-refractivity contribution is 5.76. The number of nitrogens with one attached hydrogen (secondary N) is 2. The lowest BCUT2D eigenvalue weighted by Crippen LogP contribution is -2.52. The van der Waals surface area contributed by atoms with Gasteiger partial charge in [-0.3, -0.25) is 4.79 Å². The first-order chi connectivity index (χ1) is 9.20. The molecule has 1 aromatic rings. The third kappa shape index (κ3) is 2.95. The Balaban J connectivity index is 1.45. The highest BCUT2D eigenvalue weighted by atomic mass is 19.1. The summed E-state index contributed by atoms with van der Waals surface area (Å²) in [5, 5.41) is 6.49. The summed E-state index contributed by atoms with van der Waals surface area (Å²) in [5.41, 5.74) is 1.23. The first-order valence-electron chi connectivity index (χ1n) is 6.99. The van der Waals surface area contributed by atoms with Gasteiger partial charge in [0.25, 0.3) is 0 Å². The largest absolute Gasteiger partial charge is 0.355 e. The summed E-state index contributed by atoms with van der Waals surface area (Å²) >= 11 is 0. The van der Waals surface area contributed by atoms with Crippen molar-refractivity contribution in [1.82, 2.24) is 10.6 Å². The summed E-state index contributed by atoms with van der Waals surface area (Å²) in [6, 6.07) is 7.79. The van der Waals surface area contributed by atoms with E-state index in [2.05, 4.69) is 10.6 Å². The zero-order chi connectivity index (χ0) is 13.2. The van der Waals surface area contributed by atoms with Gasteiger partial charge in [-0.25, -0.2) is 4.39 Å². The number of benzene rings is 1. The quantitative estimate of drug-likeness (QED) is 0.874. The molecular formula is C15H19FN2O. The van der Waals surface area contributed by atoms with Crippen LogP contribution in [0.2, 0.25) is 0 Å². The maximum Gasteiger partial charge on any atom is 0.220 e. The molecule has 1 atom stereocenters. The summed E-state index contributed by atoms with van der Waals surface area (Å²) in [6.07, 6.45) is 3.78. The van der Waals surface area contributed by atoms with E-state index in [1.54, 1.807) is 0 Å². The second-order valence-corrected chi connectivity index (χ2v) is 5.62. The normalized spacial score (nSPS) is 30.6. The minimum absolute atomic E-state index is 0.163. The van der Waals surface area contributed by atoms with Crippen molar-refractivity contribution in [3.8, 4) is 0 Å². The number of piperidine rings is 1. The van der Waals surface area contributed by atoms with Crippen LogP contribution in [-0.4, -0.2) is 24.5 Å². The van der Waals surface area contributed by atoms with Crippen molar-refractivity contribution >= 4 is 5.91 Å². The smallest absolute Gasteiger partial charge is 0.220 e. The molecule has 2 aliphatic rings. The van der Waals surface area contributed by atoms with Crippen molar-refractivity contribution in [2.45, 2.75) is 43.7 Å². The molecule has 3 rings (SSSR count). The molecule has 2 fully saturated rings. The van der Waals surface area contributed by atoms with E-state index in [-0.39, 0.29) is 11.7 Å². The van der Waals surface area contributed by atoms with Crippen LogP contribution in [0.1, 0.15) is 37.2 Å². The predicted molar refractivity (Wildman–Crippen MR) is 71.3 cm³/mol. The monoisotopic (exact) mass is 262 g/mol. The van der Waals surface area contributed by atoms with Gasteiger partial charge in [-0.15, -0.1) is 0 Å². The molecule has 19 heavy (non-hydrogen) atoms. The number of carbonyl (C=O) groups is 1. The van der Waals surface area contributed by atoms with E-state index in [4.69, 9.17) is 0 Å². The highest BCUT2D eigenvalue weighted by Gasteiger charge is 2.32. The van der Waals surface area contributed by atoms with Gasteiger partial charge in [0.05, 0.1) is 0 Å². The van der Waals surface area contributed by atoms with Gasteiger partial charge < -0.3 is 10.6 Å². The number of carbonyl (C=O) groups excluding carboxylic acids is 1. The molecule has 3 nitrogen and oxygen atoms in total. The van der Waals surface area contributed by atoms with Crippen molar-refractivity contribution in [2.24, 2.45) is 0 Å². The standard InChI is InChI=1S/C15H19FN2O/c16-12-3-1-10(2-4-12)11-7-14(8-11)18-13-5-6-15(19)17-9-13/h1-4,11,13-14,18H,5-9H2,(H,17,19). The number of hydrogen-bond donors (Lipinski definition) is 2. The highest BCUT2D eigenvalue weighted by Crippen LogP contribution is 2.37. The Hall–Kier alpha value is -1.42. The van der Waals surface area contributed by atoms with E-state index >= 15 is 0 Å². The molecule has 0 spiro atoms. The molecule has 4 heteroatoms. The van der Waals surface area contributed by atoms with Crippen molar-refractivity contribution < 1.29 is 9.18 Å². The predicted octanol–water partition coefficient (Wildman–Crippen LogP) is 1.94. The lowest BCUT2D eigenvalue weighted by molar-refractivity contribution is -0.122. The van der Waals surface area contributed by atoms with Crippen molar-refractivity contribution in [1.29, 1.82) is 0 Å². The number of halogens is 1. The molecule has 1 aliphatic carbocycles. The molecule has 1 aliphatic heterocycles. The van der Waals surface area contributed by atoms with Crippen LogP contribution in [0.25, 0.3) is 0 Å². The molecule has 1 saturated carbocycles. The molecule has 0 radical (unpaired) electrons. The summed E-state index contributed by atoms with van der Waals surface area (Å²) in [4.78, 5) is 11.1. The van der Waals surface area contributed by atoms with Gasteiger partial charge in [-0.05, 0) is 42.9 Å². The van der Waals surface area contributed by atoms with Crippen LogP contribution < -0.4 is 10.6 Å². The lowest BCUT2D eigenvalue weighted by Gasteiger charge is -2.39. The zero-order valence-electron chi connectivity index (χ0n) is 10.9. The molecule has 1 unspecified atom stereocenters. The molecule has 1 heterocycles. The van der Waals surface area contributed by atoms with Gasteiger partial charge in [0.15, 0.2) is 0 Å². The summed E-state index contributed by atoms with van der Waals surface area (Å²) in [7, 11) is 0. The second-order valence-electron chi connectivity index (χ2n) is 5.62. The summed E-state index contributed by atoms with van der Waals surface area (Å²) < 4.78 is 12.8. The summed E-state index contributed by atoms with van der Waals surface area (Å²) in [5.74, 6) is 0.544. The Morgan fingerprint density at radius 3 is 2.53 bits per heavy atom. The van der Waals surface area contributed by atoms with Crippen LogP contribution in [-0.2, 0) is 4.79 Å². The van der Waals surface area contributed by atoms with Crippen LogP contribution in [0.5, 0.6) is 0 Å². The van der Waals surface area contributed by atoms with E-state index in [0.29, 0.717) is 24.4 Å². The first kappa shape index (κ1) is 12.6. The fraction of sp³-hybridized carbons (Fsp3) is 0.533. The third-order valence-electron chi connectivity index (χ3n) is 4.22. The Kier molecular flexibility index (Phi) is 3.51. The van der Waals surface area contributed by atoms with Gasteiger partial charge in [-0.1, -0.05) is 12.1 Å². The third-order valence-corrected chi connectivity index (χ3v) is 4.22. The molecular weight excluding hydrogens is 243 g/mol. The van der Waals surface area contributed by atoms with Gasteiger partial charge in [0.1, 0.15) is 5.82 Å². The Morgan fingerprint density at radius 2 is 1.89 bits per heavy atom. The van der Waals surface area contributed by atoms with Gasteiger partial charge in [0, 0.05) is 25.0 Å². The van der Waals surface area contributed by atoms with Gasteiger partial charge in [-0.2, -0.15) is 0 Å². The van der Waals surface area contributed by atoms with E-state index in [9.17, 15) is 9.18 Å². The number of hydrogen-bond acceptors (Lipinski definition) is 2. The minimum atomic E-state index is -0.171. The van der Waals surface area contributed by atoms with E-state index < -0.39 is 0 Å². The van der Waals surface area contributed by atoms with Crippen molar-refractivity contribution in [3.63, 3.8) is 0 Å². The van der Waals surface area contributed by atoms with E-state index in [1.165, 1.54) is 17.7 Å². The zero-order valence-corrected chi connectivity index (χ0v) is 10.9. The summed E-state index contributed by atoms with van der Waals surface area (Å²) in [6.45, 7) is 0.747. The Bertz CT molecular complexity index is 444. The van der Waals surface area contributed by atoms with Crippen LogP contribution >= 0.6 is 0 Å². The van der Waals surface area contributed by atoms with Crippen molar-refractivity contribution in [2.75, 3.05) is 6.54 Å². The Morgan fingerprint density at radius 1 is 1.16 bits per heavy atom. The minimum Gasteiger partial charge on any atom is -0.355 e. The second kappa shape index (κ2) is 5.29. The van der Waals surface area contributed by atoms with Gasteiger partial charge in [0.2, 0.25) is 5.91 Å². The van der Waals surface area contributed by atoms with Crippen LogP contribution in [0, 0.1) is 5.82 Å². The molecule has 1 aromatic carbocycles. The molecule has 102 valence electrons. The van der Waals surface area contributed by atoms with Gasteiger partial charge >= 0.3 is 0 Å². The maximum atomic E-state index is 12.8. The lowest BCUT2D eigenvalue weighted by atomic mass is 9.75. The molecule has 1 amide bonds. The van der Waals surface area contributed by atoms with E-state index in [1.807, 2.05) is 12.1 Å². The Labute approximate surface area is 112 Å². The average Bonchev–Trinajstić information content (AvgIpc) is 2.37.